The Labute approximate surface area is 104 Å². The molecule has 0 saturated carbocycles. The smallest absolute Gasteiger partial charge is 0.167 e. The van der Waals surface area contributed by atoms with Crippen LogP contribution in [0.15, 0.2) is 59.6 Å². The lowest BCUT2D eigenvalue weighted by Crippen LogP contribution is -2.34. The van der Waals surface area contributed by atoms with Crippen molar-refractivity contribution in [1.82, 2.24) is 15.0 Å². The molecule has 0 aliphatic carbocycles. The van der Waals surface area contributed by atoms with Crippen molar-refractivity contribution in [1.29, 1.82) is 0 Å². The van der Waals surface area contributed by atoms with Crippen LogP contribution in [0.2, 0.25) is 0 Å². The van der Waals surface area contributed by atoms with Crippen molar-refractivity contribution >= 4 is 18.2 Å². The third-order valence-corrected chi connectivity index (χ3v) is 3.35. The van der Waals surface area contributed by atoms with E-state index >= 15 is 0 Å². The number of hydrogen-bond acceptors (Lipinski definition) is 5. The molecule has 1 aromatic rings. The van der Waals surface area contributed by atoms with Gasteiger partial charge in [-0.25, -0.2) is 14.4 Å². The fourth-order valence-electron chi connectivity index (χ4n) is 1.59. The van der Waals surface area contributed by atoms with Gasteiger partial charge in [0.05, 0.1) is 6.20 Å². The molecule has 0 fully saturated rings. The largest absolute Gasteiger partial charge is 0.247 e. The molecule has 1 aromatic carbocycles. The predicted octanol–water partition coefficient (Wildman–Crippen LogP) is 2.27. The van der Waals surface area contributed by atoms with Gasteiger partial charge in [-0.3, -0.25) is 0 Å². The summed E-state index contributed by atoms with van der Waals surface area (Å²) in [5.41, 5.74) is 4.51. The van der Waals surface area contributed by atoms with Gasteiger partial charge in [-0.15, -0.1) is 5.53 Å². The van der Waals surface area contributed by atoms with Crippen molar-refractivity contribution in [2.75, 3.05) is 0 Å². The maximum atomic E-state index is 4.25. The molecule has 1 N–H and O–H groups in total. The monoisotopic (exact) mass is 244 g/mol. The molecule has 0 amide bonds. The van der Waals surface area contributed by atoms with Gasteiger partial charge in [0.15, 0.2) is 5.82 Å². The normalized spacial score (nSPS) is 17.3. The number of benzene rings is 1. The molecule has 2 heterocycles. The topological polar surface area (TPSA) is 30.9 Å². The van der Waals surface area contributed by atoms with E-state index in [2.05, 4.69) is 34.8 Å². The molecule has 0 atom stereocenters. The summed E-state index contributed by atoms with van der Waals surface area (Å²) in [7, 11) is 0. The predicted molar refractivity (Wildman–Crippen MR) is 70.3 cm³/mol. The number of aliphatic imine (C=N–C) groups is 1. The summed E-state index contributed by atoms with van der Waals surface area (Å²) in [4.78, 5) is 4.25. The quantitative estimate of drug-likeness (QED) is 0.826. The minimum absolute atomic E-state index is 0.910. The molecule has 0 unspecified atom stereocenters. The zero-order valence-electron chi connectivity index (χ0n) is 9.15. The highest BCUT2D eigenvalue weighted by atomic mass is 32.2. The Hall–Kier alpha value is -1.72. The highest BCUT2D eigenvalue weighted by molar-refractivity contribution is 7.96. The summed E-state index contributed by atoms with van der Waals surface area (Å²) < 4.78 is 1.97. The van der Waals surface area contributed by atoms with Gasteiger partial charge in [-0.2, -0.15) is 0 Å². The molecule has 2 aliphatic heterocycles. The van der Waals surface area contributed by atoms with Crippen molar-refractivity contribution in [3.05, 3.63) is 60.2 Å². The summed E-state index contributed by atoms with van der Waals surface area (Å²) >= 11 is 1.70. The van der Waals surface area contributed by atoms with Gasteiger partial charge in [-0.1, -0.05) is 30.3 Å². The summed E-state index contributed by atoms with van der Waals surface area (Å²) in [5, 5.41) is 1.89. The zero-order chi connectivity index (χ0) is 11.5. The van der Waals surface area contributed by atoms with Crippen LogP contribution in [-0.4, -0.2) is 15.6 Å². The molecule has 5 heteroatoms. The number of allylic oxidation sites excluding steroid dienone is 1. The number of fused-ring (bicyclic) bond motifs is 1. The van der Waals surface area contributed by atoms with Crippen LogP contribution in [0.4, 0.5) is 0 Å². The fourth-order valence-corrected chi connectivity index (χ4v) is 2.38. The first-order chi connectivity index (χ1) is 8.42. The summed E-state index contributed by atoms with van der Waals surface area (Å²) in [6.07, 6.45) is 7.61. The van der Waals surface area contributed by atoms with E-state index in [1.807, 2.05) is 34.0 Å². The number of hydrazine groups is 2. The molecule has 0 saturated heterocycles. The van der Waals surface area contributed by atoms with Gasteiger partial charge >= 0.3 is 0 Å². The van der Waals surface area contributed by atoms with Crippen LogP contribution in [0.25, 0.3) is 0 Å². The molecule has 0 radical (unpaired) electrons. The van der Waals surface area contributed by atoms with Crippen LogP contribution < -0.4 is 5.53 Å². The van der Waals surface area contributed by atoms with Gasteiger partial charge < -0.3 is 0 Å². The first kappa shape index (κ1) is 10.4. The number of rotatable bonds is 3. The molecule has 0 spiro atoms. The minimum Gasteiger partial charge on any atom is -0.247 e. The first-order valence-corrected chi connectivity index (χ1v) is 6.30. The zero-order valence-corrected chi connectivity index (χ0v) is 9.97. The van der Waals surface area contributed by atoms with Gasteiger partial charge in [-0.05, 0) is 23.6 Å². The van der Waals surface area contributed by atoms with Crippen molar-refractivity contribution < 1.29 is 0 Å². The molecule has 0 bridgehead atoms. The van der Waals surface area contributed by atoms with Gasteiger partial charge in [0.25, 0.3) is 0 Å². The Morgan fingerprint density at radius 2 is 2.12 bits per heavy atom. The highest BCUT2D eigenvalue weighted by Gasteiger charge is 2.19. The van der Waals surface area contributed by atoms with Crippen molar-refractivity contribution in [2.45, 2.75) is 5.75 Å². The maximum absolute atomic E-state index is 4.25. The van der Waals surface area contributed by atoms with Gasteiger partial charge in [0.2, 0.25) is 0 Å². The standard InChI is InChI=1S/C12H12N4S/c1-2-5-11(6-3-1)10-17-16-9-12-13-7-4-8-15(12)14-16/h1-9,14H,10H2. The van der Waals surface area contributed by atoms with Crippen LogP contribution in [-0.2, 0) is 5.75 Å². The lowest BCUT2D eigenvalue weighted by atomic mass is 10.2. The first-order valence-electron chi connectivity index (χ1n) is 5.36. The highest BCUT2D eigenvalue weighted by Crippen LogP contribution is 2.23. The second-order valence-electron chi connectivity index (χ2n) is 3.66. The average Bonchev–Trinajstić information content (AvgIpc) is 2.80. The second kappa shape index (κ2) is 4.65. The van der Waals surface area contributed by atoms with E-state index in [0.717, 1.165) is 11.6 Å². The third-order valence-electron chi connectivity index (χ3n) is 2.43. The Kier molecular flexibility index (Phi) is 2.85. The molecule has 86 valence electrons. The average molecular weight is 244 g/mol. The number of nitrogens with one attached hydrogen (secondary N) is 1. The van der Waals surface area contributed by atoms with E-state index in [1.165, 1.54) is 5.56 Å². The van der Waals surface area contributed by atoms with Crippen LogP contribution in [0.1, 0.15) is 5.56 Å². The van der Waals surface area contributed by atoms with Crippen molar-refractivity contribution in [2.24, 2.45) is 4.99 Å². The maximum Gasteiger partial charge on any atom is 0.167 e. The number of hydrogen-bond donors (Lipinski definition) is 1. The van der Waals surface area contributed by atoms with E-state index in [1.54, 1.807) is 18.2 Å². The van der Waals surface area contributed by atoms with Crippen LogP contribution in [0, 0.1) is 0 Å². The SMILES string of the molecule is C1=CN2NN(SCc3ccccc3)C=C2N=C1. The fraction of sp³-hybridized carbons (Fsp3) is 0.0833. The number of nitrogens with zero attached hydrogens (tertiary/aromatic N) is 3. The van der Waals surface area contributed by atoms with E-state index in [0.29, 0.717) is 0 Å². The van der Waals surface area contributed by atoms with E-state index in [4.69, 9.17) is 0 Å². The molecule has 2 aliphatic rings. The van der Waals surface area contributed by atoms with Crippen molar-refractivity contribution in [3.8, 4) is 0 Å². The lowest BCUT2D eigenvalue weighted by Gasteiger charge is -2.19. The van der Waals surface area contributed by atoms with Crippen LogP contribution in [0.5, 0.6) is 0 Å². The van der Waals surface area contributed by atoms with Gasteiger partial charge in [0.1, 0.15) is 0 Å². The molecule has 0 aromatic heterocycles. The molecule has 17 heavy (non-hydrogen) atoms. The Morgan fingerprint density at radius 3 is 2.94 bits per heavy atom. The minimum atomic E-state index is 0.910. The van der Waals surface area contributed by atoms with E-state index < -0.39 is 0 Å². The molecular formula is C12H12N4S. The van der Waals surface area contributed by atoms with E-state index in [-0.39, 0.29) is 0 Å². The molecular weight excluding hydrogens is 232 g/mol. The molecule has 4 nitrogen and oxygen atoms in total. The van der Waals surface area contributed by atoms with Crippen molar-refractivity contribution in [3.63, 3.8) is 0 Å². The summed E-state index contributed by atoms with van der Waals surface area (Å²) in [6, 6.07) is 10.4. The lowest BCUT2D eigenvalue weighted by molar-refractivity contribution is 0.266. The summed E-state index contributed by atoms with van der Waals surface area (Å²) in [6.45, 7) is 0. The molecule has 3 rings (SSSR count). The Morgan fingerprint density at radius 1 is 1.24 bits per heavy atom. The third kappa shape index (κ3) is 2.35. The van der Waals surface area contributed by atoms with Crippen LogP contribution >= 0.6 is 11.9 Å². The Bertz CT molecular complexity index is 481. The second-order valence-corrected chi connectivity index (χ2v) is 4.60. The van der Waals surface area contributed by atoms with Crippen LogP contribution in [0.3, 0.4) is 0 Å². The van der Waals surface area contributed by atoms with E-state index in [9.17, 15) is 0 Å². The Balaban J connectivity index is 1.60. The summed E-state index contributed by atoms with van der Waals surface area (Å²) in [5.74, 6) is 1.84. The van der Waals surface area contributed by atoms with Gasteiger partial charge in [0, 0.05) is 18.2 Å².